The molecule has 2 aromatic carbocycles. The van der Waals surface area contributed by atoms with Gasteiger partial charge in [0.05, 0.1) is 46.0 Å². The Bertz CT molecular complexity index is 784. The standard InChI is InChI=1S/C22H28N2O4/c1-17-7-9-19(10-8-17)28-16-21(25)24-13-11-23(12-14-24)15-18-5-4-6-20(26-2)22(18)27-3/h4-10H,11-16H2,1-3H3/p+1. The van der Waals surface area contributed by atoms with Crippen molar-refractivity contribution in [2.75, 3.05) is 47.0 Å². The average molecular weight is 385 g/mol. The van der Waals surface area contributed by atoms with Crippen molar-refractivity contribution in [1.29, 1.82) is 0 Å². The Labute approximate surface area is 166 Å². The summed E-state index contributed by atoms with van der Waals surface area (Å²) >= 11 is 0. The number of carbonyl (C=O) groups is 1. The van der Waals surface area contributed by atoms with Crippen LogP contribution in [0.15, 0.2) is 42.5 Å². The number of hydrogen-bond acceptors (Lipinski definition) is 4. The van der Waals surface area contributed by atoms with E-state index in [0.29, 0.717) is 0 Å². The lowest BCUT2D eigenvalue weighted by Crippen LogP contribution is -3.13. The second-order valence-electron chi connectivity index (χ2n) is 7.06. The minimum absolute atomic E-state index is 0.0404. The van der Waals surface area contributed by atoms with Gasteiger partial charge in [0.1, 0.15) is 12.3 Å². The van der Waals surface area contributed by atoms with Crippen LogP contribution < -0.4 is 19.1 Å². The highest BCUT2D eigenvalue weighted by Gasteiger charge is 2.25. The van der Waals surface area contributed by atoms with E-state index in [-0.39, 0.29) is 12.5 Å². The van der Waals surface area contributed by atoms with Crippen LogP contribution in [0.1, 0.15) is 11.1 Å². The minimum atomic E-state index is 0.0404. The Kier molecular flexibility index (Phi) is 6.76. The third-order valence-electron chi connectivity index (χ3n) is 5.13. The molecule has 1 aliphatic rings. The van der Waals surface area contributed by atoms with Gasteiger partial charge >= 0.3 is 0 Å². The van der Waals surface area contributed by atoms with Gasteiger partial charge in [-0.3, -0.25) is 4.79 Å². The molecule has 28 heavy (non-hydrogen) atoms. The molecule has 1 fully saturated rings. The number of nitrogens with zero attached hydrogens (tertiary/aromatic N) is 1. The number of hydrogen-bond donors (Lipinski definition) is 1. The number of benzene rings is 2. The Morgan fingerprint density at radius 2 is 1.75 bits per heavy atom. The van der Waals surface area contributed by atoms with Crippen molar-refractivity contribution in [2.24, 2.45) is 0 Å². The molecule has 3 rings (SSSR count). The van der Waals surface area contributed by atoms with Gasteiger partial charge in [0.15, 0.2) is 18.1 Å². The van der Waals surface area contributed by atoms with Gasteiger partial charge in [0.25, 0.3) is 5.91 Å². The second kappa shape index (κ2) is 9.46. The highest BCUT2D eigenvalue weighted by atomic mass is 16.5. The molecule has 1 amide bonds. The Morgan fingerprint density at radius 3 is 2.39 bits per heavy atom. The summed E-state index contributed by atoms with van der Waals surface area (Å²) in [7, 11) is 3.32. The maximum absolute atomic E-state index is 12.4. The molecule has 0 radical (unpaired) electrons. The van der Waals surface area contributed by atoms with E-state index in [0.717, 1.165) is 55.5 Å². The van der Waals surface area contributed by atoms with Gasteiger partial charge in [0, 0.05) is 0 Å². The second-order valence-corrected chi connectivity index (χ2v) is 7.06. The third-order valence-corrected chi connectivity index (χ3v) is 5.13. The molecule has 0 aromatic heterocycles. The van der Waals surface area contributed by atoms with Gasteiger partial charge in [-0.15, -0.1) is 0 Å². The van der Waals surface area contributed by atoms with E-state index in [1.807, 2.05) is 48.2 Å². The summed E-state index contributed by atoms with van der Waals surface area (Å²) in [6.07, 6.45) is 0. The molecule has 6 heteroatoms. The van der Waals surface area contributed by atoms with E-state index in [2.05, 4.69) is 6.07 Å². The lowest BCUT2D eigenvalue weighted by molar-refractivity contribution is -0.917. The smallest absolute Gasteiger partial charge is 0.260 e. The number of amides is 1. The van der Waals surface area contributed by atoms with Crippen LogP contribution in [0.25, 0.3) is 0 Å². The number of aryl methyl sites for hydroxylation is 1. The molecule has 1 aliphatic heterocycles. The summed E-state index contributed by atoms with van der Waals surface area (Å²) in [6, 6.07) is 13.7. The summed E-state index contributed by atoms with van der Waals surface area (Å²) in [5, 5.41) is 0. The van der Waals surface area contributed by atoms with E-state index in [1.54, 1.807) is 14.2 Å². The van der Waals surface area contributed by atoms with Crippen molar-refractivity contribution < 1.29 is 23.9 Å². The molecule has 0 spiro atoms. The molecule has 6 nitrogen and oxygen atoms in total. The third kappa shape index (κ3) is 4.95. The predicted octanol–water partition coefficient (Wildman–Crippen LogP) is 1.32. The molecule has 1 saturated heterocycles. The quantitative estimate of drug-likeness (QED) is 0.781. The topological polar surface area (TPSA) is 52.4 Å². The number of nitrogens with one attached hydrogen (secondary N) is 1. The van der Waals surface area contributed by atoms with Gasteiger partial charge in [-0.1, -0.05) is 23.8 Å². The molecule has 1 heterocycles. The number of carbonyl (C=O) groups excluding carboxylic acids is 1. The largest absolute Gasteiger partial charge is 0.493 e. The zero-order valence-electron chi connectivity index (χ0n) is 16.9. The molecule has 0 unspecified atom stereocenters. The summed E-state index contributed by atoms with van der Waals surface area (Å²) < 4.78 is 16.5. The normalized spacial score (nSPS) is 14.6. The highest BCUT2D eigenvalue weighted by Crippen LogP contribution is 2.30. The van der Waals surface area contributed by atoms with Crippen molar-refractivity contribution in [3.05, 3.63) is 53.6 Å². The summed E-state index contributed by atoms with van der Waals surface area (Å²) in [4.78, 5) is 15.8. The maximum atomic E-state index is 12.4. The summed E-state index contributed by atoms with van der Waals surface area (Å²) in [5.74, 6) is 2.32. The van der Waals surface area contributed by atoms with Gasteiger partial charge in [-0.05, 0) is 31.2 Å². The molecule has 0 saturated carbocycles. The number of methoxy groups -OCH3 is 2. The van der Waals surface area contributed by atoms with E-state index in [9.17, 15) is 4.79 Å². The maximum Gasteiger partial charge on any atom is 0.260 e. The van der Waals surface area contributed by atoms with Crippen molar-refractivity contribution in [3.63, 3.8) is 0 Å². The first-order valence-electron chi connectivity index (χ1n) is 9.61. The van der Waals surface area contributed by atoms with Crippen LogP contribution >= 0.6 is 0 Å². The first-order chi connectivity index (χ1) is 13.6. The lowest BCUT2D eigenvalue weighted by atomic mass is 10.1. The number of piperazine rings is 1. The van der Waals surface area contributed by atoms with E-state index in [1.165, 1.54) is 10.5 Å². The van der Waals surface area contributed by atoms with Crippen LogP contribution in [0.3, 0.4) is 0 Å². The monoisotopic (exact) mass is 385 g/mol. The Balaban J connectivity index is 1.49. The molecule has 0 bridgehead atoms. The van der Waals surface area contributed by atoms with E-state index < -0.39 is 0 Å². The fourth-order valence-corrected chi connectivity index (χ4v) is 3.48. The van der Waals surface area contributed by atoms with Gasteiger partial charge in [-0.2, -0.15) is 0 Å². The predicted molar refractivity (Wildman–Crippen MR) is 107 cm³/mol. The summed E-state index contributed by atoms with van der Waals surface area (Å²) in [5.41, 5.74) is 2.30. The summed E-state index contributed by atoms with van der Waals surface area (Å²) in [6.45, 7) is 6.23. The number of quaternary nitrogens is 1. The van der Waals surface area contributed by atoms with Crippen molar-refractivity contribution in [3.8, 4) is 17.2 Å². The number of para-hydroxylation sites is 1. The first-order valence-corrected chi connectivity index (χ1v) is 9.61. The number of rotatable bonds is 7. The SMILES string of the molecule is COc1cccc(C[NH+]2CCN(C(=O)COc3ccc(C)cc3)CC2)c1OC. The lowest BCUT2D eigenvalue weighted by Gasteiger charge is -2.32. The Hall–Kier alpha value is -2.73. The van der Waals surface area contributed by atoms with Crippen LogP contribution in [0.5, 0.6) is 17.2 Å². The minimum Gasteiger partial charge on any atom is -0.493 e. The van der Waals surface area contributed by atoms with Crippen LogP contribution in [0.4, 0.5) is 0 Å². The van der Waals surface area contributed by atoms with Crippen molar-refractivity contribution >= 4 is 5.91 Å². The molecule has 0 atom stereocenters. The molecular weight excluding hydrogens is 356 g/mol. The fourth-order valence-electron chi connectivity index (χ4n) is 3.48. The highest BCUT2D eigenvalue weighted by molar-refractivity contribution is 5.77. The average Bonchev–Trinajstić information content (AvgIpc) is 2.73. The molecule has 150 valence electrons. The van der Waals surface area contributed by atoms with Gasteiger partial charge in [-0.25, -0.2) is 0 Å². The van der Waals surface area contributed by atoms with E-state index in [4.69, 9.17) is 14.2 Å². The van der Waals surface area contributed by atoms with Crippen LogP contribution in [0.2, 0.25) is 0 Å². The van der Waals surface area contributed by atoms with E-state index >= 15 is 0 Å². The molecule has 2 aromatic rings. The van der Waals surface area contributed by atoms with Crippen LogP contribution in [-0.2, 0) is 11.3 Å². The zero-order chi connectivity index (χ0) is 19.9. The fraction of sp³-hybridized carbons (Fsp3) is 0.409. The van der Waals surface area contributed by atoms with Crippen molar-refractivity contribution in [2.45, 2.75) is 13.5 Å². The Morgan fingerprint density at radius 1 is 1.04 bits per heavy atom. The van der Waals surface area contributed by atoms with Crippen LogP contribution in [-0.4, -0.2) is 57.8 Å². The molecular formula is C22H29N2O4+. The van der Waals surface area contributed by atoms with Crippen LogP contribution in [0, 0.1) is 6.92 Å². The van der Waals surface area contributed by atoms with Crippen molar-refractivity contribution in [1.82, 2.24) is 4.90 Å². The first kappa shape index (κ1) is 20.0. The van der Waals surface area contributed by atoms with Gasteiger partial charge in [0.2, 0.25) is 0 Å². The zero-order valence-corrected chi connectivity index (χ0v) is 16.9. The molecule has 1 N–H and O–H groups in total. The molecule has 0 aliphatic carbocycles. The number of ether oxygens (including phenoxy) is 3. The van der Waals surface area contributed by atoms with Gasteiger partial charge < -0.3 is 24.0 Å².